The van der Waals surface area contributed by atoms with Crippen molar-refractivity contribution < 1.29 is 42.7 Å². The van der Waals surface area contributed by atoms with Crippen LogP contribution in [0.15, 0.2) is 24.3 Å². The molecule has 1 amide bonds. The number of nitrogens with zero attached hydrogens (tertiary/aromatic N) is 6. The molecule has 2 saturated carbocycles. The fourth-order valence-electron chi connectivity index (χ4n) is 10.6. The molecule has 2 N–H and O–H groups in total. The molecule has 5 heterocycles. The van der Waals surface area contributed by atoms with Gasteiger partial charge in [-0.25, -0.2) is 18.6 Å². The van der Waals surface area contributed by atoms with Gasteiger partial charge in [0.15, 0.2) is 5.82 Å². The Hall–Kier alpha value is -5.04. The van der Waals surface area contributed by atoms with E-state index in [4.69, 9.17) is 35.3 Å². The van der Waals surface area contributed by atoms with Crippen LogP contribution in [0.5, 0.6) is 17.6 Å². The van der Waals surface area contributed by atoms with Crippen molar-refractivity contribution in [3.05, 3.63) is 41.5 Å². The second-order valence-corrected chi connectivity index (χ2v) is 17.0. The average molecular weight is 799 g/mol. The number of hydrogen-bond donors (Lipinski definition) is 2. The molecule has 2 aliphatic carbocycles. The number of pyridine rings is 1. The Morgan fingerprint density at radius 3 is 2.64 bits per heavy atom. The number of likely N-dealkylation sites (tertiary alicyclic amines) is 2. The summed E-state index contributed by atoms with van der Waals surface area (Å²) < 4.78 is 55.6. The molecule has 58 heavy (non-hydrogen) atoms. The van der Waals surface area contributed by atoms with Gasteiger partial charge in [0.2, 0.25) is 5.88 Å². The Morgan fingerprint density at radius 2 is 1.88 bits per heavy atom. The molecule has 6 atom stereocenters. The number of carbonyl (C=O) groups is 1. The predicted molar refractivity (Wildman–Crippen MR) is 211 cm³/mol. The number of terminal acetylenes is 1. The highest BCUT2D eigenvalue weighted by Gasteiger charge is 2.58. The summed E-state index contributed by atoms with van der Waals surface area (Å²) in [7, 11) is 2.82. The lowest BCUT2D eigenvalue weighted by Crippen LogP contribution is -2.52. The molecule has 0 bridgehead atoms. The van der Waals surface area contributed by atoms with Gasteiger partial charge in [0.1, 0.15) is 39.6 Å². The van der Waals surface area contributed by atoms with Crippen LogP contribution in [0.4, 0.5) is 19.4 Å². The Morgan fingerprint density at radius 1 is 1.09 bits per heavy atom. The minimum absolute atomic E-state index is 0.0233. The number of phenols is 1. The van der Waals surface area contributed by atoms with Crippen molar-refractivity contribution in [3.8, 4) is 41.2 Å². The Kier molecular flexibility index (Phi) is 9.72. The number of fused-ring (bicyclic) bond motifs is 4. The molecule has 5 fully saturated rings. The average Bonchev–Trinajstić information content (AvgIpc) is 3.48. The molecule has 0 spiro atoms. The smallest absolute Gasteiger partial charge is 0.409 e. The molecule has 2 aromatic carbocycles. The van der Waals surface area contributed by atoms with Gasteiger partial charge in [0.05, 0.1) is 46.1 Å². The number of aromatic nitrogens is 3. The monoisotopic (exact) mass is 798 g/mol. The van der Waals surface area contributed by atoms with E-state index in [1.165, 1.54) is 38.5 Å². The van der Waals surface area contributed by atoms with Crippen LogP contribution < -0.4 is 14.4 Å². The van der Waals surface area contributed by atoms with Crippen molar-refractivity contribution in [1.82, 2.24) is 24.8 Å². The highest BCUT2D eigenvalue weighted by Crippen LogP contribution is 2.55. The molecule has 5 aliphatic rings. The fourth-order valence-corrected chi connectivity index (χ4v) is 10.6. The number of methoxy groups -OCH3 is 2. The van der Waals surface area contributed by atoms with Gasteiger partial charge in [-0.3, -0.25) is 4.90 Å². The lowest BCUT2D eigenvalue weighted by molar-refractivity contribution is -0.0123. The predicted octanol–water partition coefficient (Wildman–Crippen LogP) is 5.36. The summed E-state index contributed by atoms with van der Waals surface area (Å²) in [5, 5.41) is 22.7. The van der Waals surface area contributed by atoms with E-state index in [-0.39, 0.29) is 87.8 Å². The van der Waals surface area contributed by atoms with Crippen molar-refractivity contribution in [2.24, 2.45) is 23.2 Å². The van der Waals surface area contributed by atoms with E-state index in [0.29, 0.717) is 42.3 Å². The first-order valence-corrected chi connectivity index (χ1v) is 20.1. The topological polar surface area (TPSA) is 143 Å². The van der Waals surface area contributed by atoms with E-state index in [9.17, 15) is 15.0 Å². The van der Waals surface area contributed by atoms with E-state index < -0.39 is 17.2 Å². The van der Waals surface area contributed by atoms with Crippen LogP contribution in [0.3, 0.4) is 0 Å². The van der Waals surface area contributed by atoms with Gasteiger partial charge < -0.3 is 39.0 Å². The number of rotatable bonds is 8. The van der Waals surface area contributed by atoms with Crippen LogP contribution in [0.2, 0.25) is 0 Å². The summed E-state index contributed by atoms with van der Waals surface area (Å²) in [5.74, 6) is 2.42. The summed E-state index contributed by atoms with van der Waals surface area (Å²) >= 11 is 0. The molecule has 3 saturated heterocycles. The van der Waals surface area contributed by atoms with Gasteiger partial charge in [-0.15, -0.1) is 6.42 Å². The summed E-state index contributed by atoms with van der Waals surface area (Å²) in [4.78, 5) is 32.5. The minimum Gasteiger partial charge on any atom is -0.508 e. The van der Waals surface area contributed by atoms with E-state index in [0.717, 1.165) is 58.3 Å². The maximum Gasteiger partial charge on any atom is 0.409 e. The third-order valence-electron chi connectivity index (χ3n) is 13.3. The van der Waals surface area contributed by atoms with Gasteiger partial charge in [-0.05, 0) is 80.5 Å². The molecule has 2 aromatic heterocycles. The third kappa shape index (κ3) is 6.59. The highest BCUT2D eigenvalue weighted by molar-refractivity contribution is 6.04. The maximum atomic E-state index is 17.4. The number of ether oxygens (including phenoxy) is 4. The number of aliphatic hydroxyl groups is 1. The highest BCUT2D eigenvalue weighted by atomic mass is 19.1. The summed E-state index contributed by atoms with van der Waals surface area (Å²) in [6, 6.07) is 5.63. The number of anilines is 1. The van der Waals surface area contributed by atoms with Crippen LogP contribution in [-0.4, -0.2) is 126 Å². The summed E-state index contributed by atoms with van der Waals surface area (Å²) in [6.07, 6.45) is 10.6. The van der Waals surface area contributed by atoms with E-state index in [1.807, 2.05) is 4.90 Å². The normalized spacial score (nSPS) is 28.2. The number of carbonyl (C=O) groups excluding carboxylic acids is 1. The van der Waals surface area contributed by atoms with Crippen molar-refractivity contribution >= 4 is 33.6 Å². The van der Waals surface area contributed by atoms with Crippen LogP contribution in [0.1, 0.15) is 44.6 Å². The number of hydrogen-bond acceptors (Lipinski definition) is 12. The molecular formula is C43H48F2N6O7. The van der Waals surface area contributed by atoms with E-state index >= 15 is 8.78 Å². The molecule has 4 aromatic rings. The van der Waals surface area contributed by atoms with Crippen LogP contribution in [-0.2, 0) is 9.47 Å². The third-order valence-corrected chi connectivity index (χ3v) is 13.3. The molecule has 9 rings (SSSR count). The second-order valence-electron chi connectivity index (χ2n) is 17.0. The molecule has 306 valence electrons. The summed E-state index contributed by atoms with van der Waals surface area (Å²) in [5.41, 5.74) is -1.88. The first-order chi connectivity index (χ1) is 27.9. The Labute approximate surface area is 335 Å². The maximum absolute atomic E-state index is 17.4. The molecule has 3 aliphatic heterocycles. The van der Waals surface area contributed by atoms with E-state index in [1.54, 1.807) is 11.8 Å². The minimum atomic E-state index is -1.26. The number of phenolic OH excluding ortho intramolecular Hbond substituents is 1. The SMILES string of the molecule is C#Cc1c(F)ccc2cc(O)cc(-c3nc(OC)c4c(N5CCOC[C@@](C)(O)C5)nc(OC[C@]56CCC[C@H]5N(CC5[C@H]7CN(C(=O)OC)C[C@@H]57)CCC6)nc4c3F)c12. The fraction of sp³-hybridized carbons (Fsp3) is 0.535. The lowest BCUT2D eigenvalue weighted by atomic mass is 9.75. The molecular weight excluding hydrogens is 751 g/mol. The van der Waals surface area contributed by atoms with Gasteiger partial charge in [0.25, 0.3) is 0 Å². The number of piperidine rings is 2. The van der Waals surface area contributed by atoms with Crippen LogP contribution >= 0.6 is 0 Å². The number of amides is 1. The van der Waals surface area contributed by atoms with Crippen LogP contribution in [0, 0.1) is 47.1 Å². The zero-order valence-electron chi connectivity index (χ0n) is 33.0. The molecule has 15 heteroatoms. The van der Waals surface area contributed by atoms with Gasteiger partial charge >= 0.3 is 12.1 Å². The Balaban J connectivity index is 1.09. The van der Waals surface area contributed by atoms with Crippen molar-refractivity contribution in [1.29, 1.82) is 0 Å². The molecule has 0 radical (unpaired) electrons. The quantitative estimate of drug-likeness (QED) is 0.222. The zero-order valence-corrected chi connectivity index (χ0v) is 33.0. The Bertz CT molecular complexity index is 2330. The summed E-state index contributed by atoms with van der Waals surface area (Å²) in [6.45, 7) is 6.26. The molecule has 13 nitrogen and oxygen atoms in total. The number of aromatic hydroxyl groups is 1. The number of β-amino-alcohol motifs (C(OH)–C–C–N with tert-alkyl or cyclic N) is 1. The van der Waals surface area contributed by atoms with Crippen LogP contribution in [0.25, 0.3) is 32.9 Å². The number of benzene rings is 2. The van der Waals surface area contributed by atoms with Crippen molar-refractivity contribution in [2.45, 2.75) is 50.7 Å². The second kappa shape index (κ2) is 14.7. The lowest BCUT2D eigenvalue weighted by Gasteiger charge is -2.46. The standard InChI is InChI=1S/C43H48F2N6O7/c1-5-26-31(44)10-9-24-16-25(52)17-27(33(24)26)36-35(45)37-34(39(46-36)55-3)38(50-14-15-57-22-42(2,54)21-50)48-40(47-37)58-23-43-11-6-8-32(43)49(13-7-12-43)18-28-29-19-51(20-30(28)29)41(53)56-4/h1,9-10,16-17,28-30,32,52,54H,6-8,11-15,18-23H2,2-4H3/t28?,29-,30+,32-,42+,43-/m1/s1. The number of halogens is 2. The largest absolute Gasteiger partial charge is 0.508 e. The first kappa shape index (κ1) is 38.5. The zero-order chi connectivity index (χ0) is 40.5. The van der Waals surface area contributed by atoms with Gasteiger partial charge in [0, 0.05) is 48.6 Å². The van der Waals surface area contributed by atoms with Gasteiger partial charge in [-0.2, -0.15) is 9.97 Å². The van der Waals surface area contributed by atoms with Gasteiger partial charge in [-0.1, -0.05) is 18.4 Å². The first-order valence-electron chi connectivity index (χ1n) is 20.1. The van der Waals surface area contributed by atoms with Crippen molar-refractivity contribution in [2.75, 3.05) is 78.2 Å². The van der Waals surface area contributed by atoms with E-state index in [2.05, 4.69) is 15.8 Å². The van der Waals surface area contributed by atoms with Crippen molar-refractivity contribution in [3.63, 3.8) is 0 Å². The molecule has 1 unspecified atom stereocenters.